The van der Waals surface area contributed by atoms with Gasteiger partial charge in [-0.15, -0.1) is 24.0 Å². The van der Waals surface area contributed by atoms with Crippen molar-refractivity contribution in [3.63, 3.8) is 0 Å². The third-order valence-corrected chi connectivity index (χ3v) is 0. The van der Waals surface area contributed by atoms with Crippen molar-refractivity contribution in [1.29, 1.82) is 0 Å². The van der Waals surface area contributed by atoms with Gasteiger partial charge < -0.3 is 6.92 Å². The molecule has 0 heterocycles. The van der Waals surface area contributed by atoms with E-state index in [9.17, 15) is 0 Å². The number of rotatable bonds is 0. The van der Waals surface area contributed by atoms with Gasteiger partial charge in [0, 0.05) is 0 Å². The first kappa shape index (κ1) is 17.2. The van der Waals surface area contributed by atoms with Crippen molar-refractivity contribution >= 4 is 24.0 Å². The summed E-state index contributed by atoms with van der Waals surface area (Å²) in [5.74, 6) is 0. The first-order valence-corrected chi connectivity index (χ1v) is 0.707. The van der Waals surface area contributed by atoms with Crippen molar-refractivity contribution in [2.75, 3.05) is 0 Å². The average molecular weight is 180 g/mol. The molecule has 2 heteroatoms. The number of hydrogen-bond acceptors (Lipinski definition) is 0. The van der Waals surface area contributed by atoms with Crippen LogP contribution in [0.4, 0.5) is 0 Å². The summed E-state index contributed by atoms with van der Waals surface area (Å²) in [5, 5.41) is 0. The Morgan fingerprint density at radius 2 is 1.25 bits per heavy atom. The molecule has 0 bridgehead atoms. The smallest absolute Gasteiger partial charge is 0.346 e. The van der Waals surface area contributed by atoms with Crippen LogP contribution in [-0.2, 0) is 0 Å². The Labute approximate surface area is 66.7 Å². The normalized spacial score (nSPS) is 1.50. The summed E-state index contributed by atoms with van der Waals surface area (Å²) >= 11 is 0. The van der Waals surface area contributed by atoms with E-state index >= 15 is 0 Å². The van der Waals surface area contributed by atoms with Gasteiger partial charge in [0.25, 0.3) is 0 Å². The van der Waals surface area contributed by atoms with E-state index in [1.54, 1.807) is 6.92 Å². The second-order valence-electron chi connectivity index (χ2n) is 0. The van der Waals surface area contributed by atoms with Crippen molar-refractivity contribution in [2.24, 2.45) is 0 Å². The Morgan fingerprint density at radius 1 is 1.25 bits per heavy atom. The molecule has 0 aliphatic heterocycles. The second kappa shape index (κ2) is 22.0. The maximum absolute atomic E-state index is 3.25. The van der Waals surface area contributed by atoms with E-state index in [0.29, 0.717) is 0 Å². The molecule has 4 heavy (non-hydrogen) atoms. The Bertz CT molecular complexity index is 6.00. The molecule has 0 amide bonds. The van der Waals surface area contributed by atoms with Crippen LogP contribution in [0.3, 0.4) is 0 Å². The van der Waals surface area contributed by atoms with Crippen LogP contribution in [0, 0.1) is 6.92 Å². The van der Waals surface area contributed by atoms with Gasteiger partial charge in [0.1, 0.15) is 0 Å². The Hall–Kier alpha value is 1.73. The summed E-state index contributed by atoms with van der Waals surface area (Å²) in [6.45, 7) is 5.00. The van der Waals surface area contributed by atoms with E-state index in [-0.39, 0.29) is 53.5 Å². The van der Waals surface area contributed by atoms with Gasteiger partial charge in [-0.05, 0) is 0 Å². The molecule has 0 aromatic carbocycles. The molecule has 0 rings (SSSR count). The SMILES string of the molecule is I.[CH2-]C.[Na+]. The van der Waals surface area contributed by atoms with Crippen LogP contribution in [0.2, 0.25) is 0 Å². The minimum atomic E-state index is 0. The van der Waals surface area contributed by atoms with Gasteiger partial charge in [-0.3, -0.25) is 0 Å². The van der Waals surface area contributed by atoms with Crippen molar-refractivity contribution < 1.29 is 29.6 Å². The van der Waals surface area contributed by atoms with Gasteiger partial charge in [0.15, 0.2) is 0 Å². The van der Waals surface area contributed by atoms with Gasteiger partial charge >= 0.3 is 29.6 Å². The van der Waals surface area contributed by atoms with Crippen LogP contribution in [0.15, 0.2) is 0 Å². The third kappa shape index (κ3) is 9.29. The van der Waals surface area contributed by atoms with E-state index < -0.39 is 0 Å². The topological polar surface area (TPSA) is 0 Å². The summed E-state index contributed by atoms with van der Waals surface area (Å²) in [6, 6.07) is 0. The minimum absolute atomic E-state index is 0. The predicted octanol–water partition coefficient (Wildman–Crippen LogP) is -1.54. The van der Waals surface area contributed by atoms with Crippen LogP contribution in [0.25, 0.3) is 0 Å². The van der Waals surface area contributed by atoms with E-state index in [4.69, 9.17) is 0 Å². The molecular formula is C2H6INa. The van der Waals surface area contributed by atoms with Crippen LogP contribution in [-0.4, -0.2) is 0 Å². The second-order valence-corrected chi connectivity index (χ2v) is 0. The van der Waals surface area contributed by atoms with Crippen molar-refractivity contribution in [3.8, 4) is 0 Å². The van der Waals surface area contributed by atoms with Crippen LogP contribution in [0.5, 0.6) is 0 Å². The molecule has 0 saturated carbocycles. The van der Waals surface area contributed by atoms with Gasteiger partial charge in [-0.25, -0.2) is 0 Å². The average Bonchev–Trinajstić information content (AvgIpc) is 1.00. The maximum Gasteiger partial charge on any atom is 1.00 e. The monoisotopic (exact) mass is 180 g/mol. The largest absolute Gasteiger partial charge is 1.00 e. The molecular weight excluding hydrogens is 174 g/mol. The van der Waals surface area contributed by atoms with Crippen molar-refractivity contribution in [3.05, 3.63) is 6.92 Å². The van der Waals surface area contributed by atoms with Gasteiger partial charge in [0.05, 0.1) is 0 Å². The Balaban J connectivity index is -0.00000000500. The molecule has 0 aromatic rings. The molecule has 0 radical (unpaired) electrons. The van der Waals surface area contributed by atoms with Crippen LogP contribution < -0.4 is 29.6 Å². The van der Waals surface area contributed by atoms with Crippen molar-refractivity contribution in [2.45, 2.75) is 6.92 Å². The molecule has 0 unspecified atom stereocenters. The Kier molecular flexibility index (Phi) is 94.6. The fourth-order valence-electron chi connectivity index (χ4n) is 0. The molecule has 0 aliphatic carbocycles. The molecule has 0 spiro atoms. The molecule has 0 aliphatic rings. The van der Waals surface area contributed by atoms with E-state index in [2.05, 4.69) is 6.92 Å². The van der Waals surface area contributed by atoms with Crippen molar-refractivity contribution in [1.82, 2.24) is 0 Å². The zero-order chi connectivity index (χ0) is 2.00. The summed E-state index contributed by atoms with van der Waals surface area (Å²) in [7, 11) is 0. The quantitative estimate of drug-likeness (QED) is 0.241. The summed E-state index contributed by atoms with van der Waals surface area (Å²) in [5.41, 5.74) is 0. The van der Waals surface area contributed by atoms with E-state index in [0.717, 1.165) is 0 Å². The summed E-state index contributed by atoms with van der Waals surface area (Å²) in [4.78, 5) is 0. The molecule has 0 aromatic heterocycles. The first-order valence-electron chi connectivity index (χ1n) is 0.707. The fraction of sp³-hybridized carbons (Fsp3) is 0.500. The standard InChI is InChI=1S/C2H5.HI.Na/c1-2;;/h1H2,2H3;1H;/q-1;;+1. The zero-order valence-electron chi connectivity index (χ0n) is 3.12. The molecule has 0 atom stereocenters. The first-order chi connectivity index (χ1) is 1.00. The predicted molar refractivity (Wildman–Crippen MR) is 26.4 cm³/mol. The van der Waals surface area contributed by atoms with Gasteiger partial charge in [-0.1, -0.05) is 0 Å². The van der Waals surface area contributed by atoms with Gasteiger partial charge in [0.2, 0.25) is 0 Å². The summed E-state index contributed by atoms with van der Waals surface area (Å²) < 4.78 is 0. The summed E-state index contributed by atoms with van der Waals surface area (Å²) in [6.07, 6.45) is 0. The van der Waals surface area contributed by atoms with Gasteiger partial charge in [-0.2, -0.15) is 6.92 Å². The molecule has 0 saturated heterocycles. The van der Waals surface area contributed by atoms with E-state index in [1.165, 1.54) is 0 Å². The van der Waals surface area contributed by atoms with E-state index in [1.807, 2.05) is 0 Å². The fourth-order valence-corrected chi connectivity index (χ4v) is 0. The van der Waals surface area contributed by atoms with Crippen LogP contribution in [0.1, 0.15) is 6.92 Å². The third-order valence-electron chi connectivity index (χ3n) is 0. The van der Waals surface area contributed by atoms with Crippen LogP contribution >= 0.6 is 24.0 Å². The number of hydrogen-bond donors (Lipinski definition) is 0. The maximum atomic E-state index is 3.25. The molecule has 0 fully saturated rings. The molecule has 0 N–H and O–H groups in total. The molecule has 0 nitrogen and oxygen atoms in total. The zero-order valence-corrected chi connectivity index (χ0v) is 7.45. The Morgan fingerprint density at radius 3 is 1.25 bits per heavy atom. The molecule has 22 valence electrons. The minimum Gasteiger partial charge on any atom is -0.346 e. The number of halogens is 1.